The largest absolute Gasteiger partial charge is 0.497 e. The Morgan fingerprint density at radius 2 is 1.88 bits per heavy atom. The first kappa shape index (κ1) is 20.6. The number of likely N-dealkylation sites (tertiary alicyclic amines) is 1. The summed E-state index contributed by atoms with van der Waals surface area (Å²) in [6.45, 7) is 3.15. The highest BCUT2D eigenvalue weighted by Crippen LogP contribution is 2.37. The van der Waals surface area contributed by atoms with Crippen LogP contribution in [-0.2, 0) is 16.1 Å². The predicted octanol–water partition coefficient (Wildman–Crippen LogP) is 1.59. The molecule has 9 heteroatoms. The van der Waals surface area contributed by atoms with Gasteiger partial charge in [0.25, 0.3) is 5.91 Å². The summed E-state index contributed by atoms with van der Waals surface area (Å²) in [4.78, 5) is 30.7. The molecule has 2 N–H and O–H groups in total. The molecule has 2 aromatic rings. The first-order chi connectivity index (χ1) is 15.5. The van der Waals surface area contributed by atoms with Gasteiger partial charge in [0.15, 0.2) is 6.61 Å². The molecule has 2 saturated heterocycles. The maximum absolute atomic E-state index is 12.7. The van der Waals surface area contributed by atoms with E-state index in [-0.39, 0.29) is 30.8 Å². The first-order valence-electron chi connectivity index (χ1n) is 10.7. The Labute approximate surface area is 186 Å². The number of amides is 2. The molecule has 3 aliphatic rings. The number of methoxy groups -OCH3 is 1. The van der Waals surface area contributed by atoms with Crippen molar-refractivity contribution in [1.29, 1.82) is 0 Å². The summed E-state index contributed by atoms with van der Waals surface area (Å²) in [6.07, 6.45) is -0.594. The lowest BCUT2D eigenvalue weighted by molar-refractivity contribution is -0.121. The van der Waals surface area contributed by atoms with Gasteiger partial charge in [-0.15, -0.1) is 0 Å². The maximum Gasteiger partial charge on any atom is 0.414 e. The van der Waals surface area contributed by atoms with Crippen LogP contribution in [0.15, 0.2) is 42.5 Å². The average Bonchev–Trinajstić information content (AvgIpc) is 3.15. The van der Waals surface area contributed by atoms with E-state index in [1.54, 1.807) is 23.0 Å². The minimum Gasteiger partial charge on any atom is -0.497 e. The van der Waals surface area contributed by atoms with E-state index in [0.29, 0.717) is 36.8 Å². The van der Waals surface area contributed by atoms with Crippen LogP contribution >= 0.6 is 0 Å². The fraction of sp³-hybridized carbons (Fsp3) is 0.391. The lowest BCUT2D eigenvalue weighted by Crippen LogP contribution is -2.57. The molecule has 0 bridgehead atoms. The molecule has 0 unspecified atom stereocenters. The molecule has 0 aromatic heterocycles. The number of carbonyl (C=O) groups excluding carboxylic acids is 2. The molecule has 1 atom stereocenters. The van der Waals surface area contributed by atoms with E-state index in [1.165, 1.54) is 0 Å². The Morgan fingerprint density at radius 1 is 1.09 bits per heavy atom. The second kappa shape index (κ2) is 8.33. The molecule has 0 aliphatic carbocycles. The number of anilines is 2. The van der Waals surface area contributed by atoms with Gasteiger partial charge in [-0.1, -0.05) is 12.1 Å². The molecule has 9 nitrogen and oxygen atoms in total. The highest BCUT2D eigenvalue weighted by Gasteiger charge is 2.36. The number of rotatable bonds is 6. The number of cyclic esters (lactones) is 1. The number of benzene rings is 2. The smallest absolute Gasteiger partial charge is 0.414 e. The zero-order valence-electron chi connectivity index (χ0n) is 17.9. The number of nitrogens with zero attached hydrogens (tertiary/aromatic N) is 3. The first-order valence-corrected chi connectivity index (χ1v) is 10.7. The van der Waals surface area contributed by atoms with Crippen molar-refractivity contribution in [3.8, 4) is 11.5 Å². The molecule has 0 spiro atoms. The third kappa shape index (κ3) is 3.96. The molecular formula is C23H26N4O5. The van der Waals surface area contributed by atoms with Crippen molar-refractivity contribution >= 4 is 23.4 Å². The van der Waals surface area contributed by atoms with Gasteiger partial charge in [-0.2, -0.15) is 0 Å². The van der Waals surface area contributed by atoms with Crippen molar-refractivity contribution in [1.82, 2.24) is 4.90 Å². The number of nitrogens with two attached hydrogens (primary N) is 1. The van der Waals surface area contributed by atoms with Crippen molar-refractivity contribution in [2.75, 3.05) is 49.7 Å². The van der Waals surface area contributed by atoms with E-state index in [0.717, 1.165) is 24.4 Å². The van der Waals surface area contributed by atoms with Gasteiger partial charge in [-0.25, -0.2) is 4.79 Å². The van der Waals surface area contributed by atoms with Crippen molar-refractivity contribution in [3.05, 3.63) is 48.0 Å². The Kier molecular flexibility index (Phi) is 5.36. The fourth-order valence-electron chi connectivity index (χ4n) is 4.32. The van der Waals surface area contributed by atoms with Crippen LogP contribution in [0, 0.1) is 0 Å². The zero-order valence-corrected chi connectivity index (χ0v) is 17.9. The Balaban J connectivity index is 1.35. The number of carbonyl (C=O) groups is 2. The quantitative estimate of drug-likeness (QED) is 0.731. The summed E-state index contributed by atoms with van der Waals surface area (Å²) >= 11 is 0. The SMILES string of the molecule is COc1ccc(CN2C(=O)COc3ccc(N4C[C@@H](CN5CC(N)C5)OC4=O)cc32)cc1. The molecule has 0 saturated carbocycles. The molecule has 2 amide bonds. The van der Waals surface area contributed by atoms with E-state index < -0.39 is 0 Å². The van der Waals surface area contributed by atoms with Crippen molar-refractivity contribution < 1.29 is 23.8 Å². The highest BCUT2D eigenvalue weighted by molar-refractivity contribution is 5.99. The molecule has 5 rings (SSSR count). The van der Waals surface area contributed by atoms with Crippen LogP contribution < -0.4 is 25.0 Å². The van der Waals surface area contributed by atoms with Gasteiger partial charge < -0.3 is 24.8 Å². The van der Waals surface area contributed by atoms with Crippen molar-refractivity contribution in [2.45, 2.75) is 18.7 Å². The summed E-state index contributed by atoms with van der Waals surface area (Å²) in [7, 11) is 1.62. The molecule has 32 heavy (non-hydrogen) atoms. The second-order valence-electron chi connectivity index (χ2n) is 8.36. The van der Waals surface area contributed by atoms with Gasteiger partial charge >= 0.3 is 6.09 Å². The minimum absolute atomic E-state index is 0.0195. The lowest BCUT2D eigenvalue weighted by atomic mass is 10.1. The van der Waals surface area contributed by atoms with Crippen molar-refractivity contribution in [2.24, 2.45) is 5.73 Å². The molecule has 3 heterocycles. The fourth-order valence-corrected chi connectivity index (χ4v) is 4.32. The third-order valence-corrected chi connectivity index (χ3v) is 6.02. The van der Waals surface area contributed by atoms with Crippen LogP contribution in [-0.4, -0.2) is 68.9 Å². The van der Waals surface area contributed by atoms with Crippen LogP contribution in [0.3, 0.4) is 0 Å². The van der Waals surface area contributed by atoms with E-state index in [1.807, 2.05) is 36.4 Å². The van der Waals surface area contributed by atoms with Crippen LogP contribution in [0.25, 0.3) is 0 Å². The van der Waals surface area contributed by atoms with Crippen LogP contribution in [0.4, 0.5) is 16.2 Å². The van der Waals surface area contributed by atoms with Gasteiger partial charge in [0.1, 0.15) is 17.6 Å². The molecule has 2 fully saturated rings. The topological polar surface area (TPSA) is 97.6 Å². The van der Waals surface area contributed by atoms with E-state index in [4.69, 9.17) is 19.9 Å². The normalized spacial score (nSPS) is 21.1. The van der Waals surface area contributed by atoms with Crippen LogP contribution in [0.1, 0.15) is 5.56 Å². The van der Waals surface area contributed by atoms with Gasteiger partial charge in [-0.05, 0) is 35.9 Å². The highest BCUT2D eigenvalue weighted by atomic mass is 16.6. The second-order valence-corrected chi connectivity index (χ2v) is 8.36. The van der Waals surface area contributed by atoms with Crippen molar-refractivity contribution in [3.63, 3.8) is 0 Å². The number of hydrogen-bond acceptors (Lipinski definition) is 7. The summed E-state index contributed by atoms with van der Waals surface area (Å²) in [6, 6.07) is 13.2. The average molecular weight is 438 g/mol. The van der Waals surface area contributed by atoms with Gasteiger partial charge in [0, 0.05) is 31.4 Å². The molecule has 0 radical (unpaired) electrons. The Morgan fingerprint density at radius 3 is 2.59 bits per heavy atom. The van der Waals surface area contributed by atoms with Crippen LogP contribution in [0.5, 0.6) is 11.5 Å². The molecule has 168 valence electrons. The standard InChI is InChI=1S/C23H26N4O5/c1-30-18-5-2-15(3-6-18)9-27-20-8-17(4-7-21(20)31-14-22(27)28)26-13-19(32-23(26)29)12-25-10-16(24)11-25/h2-8,16,19H,9-14,24H2,1H3/t19-/m1/s1. The molecular weight excluding hydrogens is 412 g/mol. The third-order valence-electron chi connectivity index (χ3n) is 6.02. The Bertz CT molecular complexity index is 1020. The number of hydrogen-bond donors (Lipinski definition) is 1. The summed E-state index contributed by atoms with van der Waals surface area (Å²) in [5.41, 5.74) is 8.12. The predicted molar refractivity (Wildman–Crippen MR) is 118 cm³/mol. The van der Waals surface area contributed by atoms with E-state index in [9.17, 15) is 9.59 Å². The number of ether oxygens (including phenoxy) is 3. The van der Waals surface area contributed by atoms with Gasteiger partial charge in [0.05, 0.1) is 25.9 Å². The number of fused-ring (bicyclic) bond motifs is 1. The van der Waals surface area contributed by atoms with Gasteiger partial charge in [0.2, 0.25) is 0 Å². The maximum atomic E-state index is 12.7. The summed E-state index contributed by atoms with van der Waals surface area (Å²) in [5.74, 6) is 1.23. The molecule has 2 aromatic carbocycles. The van der Waals surface area contributed by atoms with Gasteiger partial charge in [-0.3, -0.25) is 14.6 Å². The molecule has 3 aliphatic heterocycles. The van der Waals surface area contributed by atoms with E-state index in [2.05, 4.69) is 4.90 Å². The zero-order chi connectivity index (χ0) is 22.2. The Hall–Kier alpha value is -3.30. The van der Waals surface area contributed by atoms with Crippen LogP contribution in [0.2, 0.25) is 0 Å². The monoisotopic (exact) mass is 438 g/mol. The minimum atomic E-state index is -0.385. The lowest BCUT2D eigenvalue weighted by Gasteiger charge is -2.37. The van der Waals surface area contributed by atoms with E-state index >= 15 is 0 Å². The summed E-state index contributed by atoms with van der Waals surface area (Å²) < 4.78 is 16.4. The summed E-state index contributed by atoms with van der Waals surface area (Å²) in [5, 5.41) is 0.